The minimum absolute atomic E-state index is 0.0486. The summed E-state index contributed by atoms with van der Waals surface area (Å²) in [7, 11) is 6.03. The zero-order chi connectivity index (χ0) is 15.5. The Bertz CT molecular complexity index is 351. The third-order valence-electron chi connectivity index (χ3n) is 4.92. The summed E-state index contributed by atoms with van der Waals surface area (Å²) in [5.74, 6) is 0.270. The number of nitrogens with zero attached hydrogens (tertiary/aromatic N) is 3. The summed E-state index contributed by atoms with van der Waals surface area (Å²) in [5, 5.41) is 10.6. The van der Waals surface area contributed by atoms with Gasteiger partial charge in [0.25, 0.3) is 0 Å². The Morgan fingerprint density at radius 1 is 1.19 bits per heavy atom. The molecular formula is C16H31N3O2. The van der Waals surface area contributed by atoms with Crippen molar-refractivity contribution in [2.75, 3.05) is 47.3 Å². The van der Waals surface area contributed by atoms with Crippen molar-refractivity contribution in [1.82, 2.24) is 14.7 Å². The summed E-state index contributed by atoms with van der Waals surface area (Å²) in [6.45, 7) is 3.08. The molecule has 2 aliphatic heterocycles. The molecule has 5 nitrogen and oxygen atoms in total. The number of amides is 1. The van der Waals surface area contributed by atoms with Crippen molar-refractivity contribution in [3.8, 4) is 0 Å². The lowest BCUT2D eigenvalue weighted by Gasteiger charge is -2.41. The van der Waals surface area contributed by atoms with Crippen LogP contribution in [0.5, 0.6) is 0 Å². The quantitative estimate of drug-likeness (QED) is 0.836. The third kappa shape index (κ3) is 4.41. The molecule has 5 heteroatoms. The number of likely N-dealkylation sites (N-methyl/N-ethyl adjacent to an activating group) is 2. The van der Waals surface area contributed by atoms with Crippen LogP contribution in [0.2, 0.25) is 0 Å². The van der Waals surface area contributed by atoms with E-state index in [-0.39, 0.29) is 11.9 Å². The molecule has 2 fully saturated rings. The molecule has 1 amide bonds. The molecule has 0 saturated carbocycles. The van der Waals surface area contributed by atoms with Crippen LogP contribution in [-0.2, 0) is 4.79 Å². The Kier molecular flexibility index (Phi) is 5.63. The van der Waals surface area contributed by atoms with Crippen molar-refractivity contribution < 1.29 is 9.90 Å². The molecule has 2 saturated heterocycles. The molecule has 2 rings (SSSR count). The molecule has 21 heavy (non-hydrogen) atoms. The molecule has 2 heterocycles. The van der Waals surface area contributed by atoms with Gasteiger partial charge < -0.3 is 14.9 Å². The van der Waals surface area contributed by atoms with E-state index in [9.17, 15) is 9.90 Å². The predicted molar refractivity (Wildman–Crippen MR) is 84.2 cm³/mol. The SMILES string of the molecule is CN(C)CC1(O)CCN(C(=O)C2CCCCCN2C)CC1. The van der Waals surface area contributed by atoms with Gasteiger partial charge in [-0.3, -0.25) is 9.69 Å². The van der Waals surface area contributed by atoms with Gasteiger partial charge in [-0.25, -0.2) is 0 Å². The van der Waals surface area contributed by atoms with Gasteiger partial charge in [-0.15, -0.1) is 0 Å². The summed E-state index contributed by atoms with van der Waals surface area (Å²) < 4.78 is 0. The first-order chi connectivity index (χ1) is 9.91. The van der Waals surface area contributed by atoms with Gasteiger partial charge in [-0.05, 0) is 53.4 Å². The number of piperidine rings is 1. The maximum Gasteiger partial charge on any atom is 0.239 e. The highest BCUT2D eigenvalue weighted by Crippen LogP contribution is 2.25. The van der Waals surface area contributed by atoms with Crippen LogP contribution in [0.4, 0.5) is 0 Å². The van der Waals surface area contributed by atoms with Crippen LogP contribution in [0, 0.1) is 0 Å². The number of carbonyl (C=O) groups is 1. The van der Waals surface area contributed by atoms with E-state index in [1.165, 1.54) is 12.8 Å². The lowest BCUT2D eigenvalue weighted by Crippen LogP contribution is -2.54. The average Bonchev–Trinajstić information content (AvgIpc) is 2.62. The van der Waals surface area contributed by atoms with Gasteiger partial charge in [0.2, 0.25) is 5.91 Å². The third-order valence-corrected chi connectivity index (χ3v) is 4.92. The number of hydrogen-bond acceptors (Lipinski definition) is 4. The zero-order valence-electron chi connectivity index (χ0n) is 13.8. The fourth-order valence-corrected chi connectivity index (χ4v) is 3.66. The second-order valence-electron chi connectivity index (χ2n) is 7.13. The fourth-order valence-electron chi connectivity index (χ4n) is 3.66. The molecule has 0 aromatic carbocycles. The zero-order valence-corrected chi connectivity index (χ0v) is 13.8. The van der Waals surface area contributed by atoms with Crippen LogP contribution in [0.1, 0.15) is 38.5 Å². The van der Waals surface area contributed by atoms with Crippen molar-refractivity contribution in [2.45, 2.75) is 50.2 Å². The van der Waals surface area contributed by atoms with E-state index in [0.29, 0.717) is 32.5 Å². The van der Waals surface area contributed by atoms with Crippen LogP contribution < -0.4 is 0 Å². The second-order valence-corrected chi connectivity index (χ2v) is 7.13. The number of rotatable bonds is 3. The number of aliphatic hydroxyl groups is 1. The molecule has 0 bridgehead atoms. The summed E-state index contributed by atoms with van der Waals surface area (Å²) >= 11 is 0. The molecule has 1 atom stereocenters. The van der Waals surface area contributed by atoms with Gasteiger partial charge in [0, 0.05) is 19.6 Å². The second kappa shape index (κ2) is 7.07. The first-order valence-electron chi connectivity index (χ1n) is 8.27. The van der Waals surface area contributed by atoms with E-state index in [1.807, 2.05) is 23.9 Å². The number of hydrogen-bond donors (Lipinski definition) is 1. The Labute approximate surface area is 128 Å². The minimum atomic E-state index is -0.629. The molecule has 1 unspecified atom stereocenters. The topological polar surface area (TPSA) is 47.0 Å². The van der Waals surface area contributed by atoms with Gasteiger partial charge in [0.1, 0.15) is 0 Å². The Hall–Kier alpha value is -0.650. The first kappa shape index (κ1) is 16.7. The van der Waals surface area contributed by atoms with E-state index < -0.39 is 5.60 Å². The Balaban J connectivity index is 1.90. The average molecular weight is 297 g/mol. The van der Waals surface area contributed by atoms with Crippen LogP contribution in [0.25, 0.3) is 0 Å². The van der Waals surface area contributed by atoms with Crippen LogP contribution in [0.3, 0.4) is 0 Å². The number of carbonyl (C=O) groups excluding carboxylic acids is 1. The highest BCUT2D eigenvalue weighted by atomic mass is 16.3. The number of likely N-dealkylation sites (tertiary alicyclic amines) is 2. The Morgan fingerprint density at radius 3 is 2.48 bits per heavy atom. The molecular weight excluding hydrogens is 266 g/mol. The molecule has 0 aromatic heterocycles. The van der Waals surface area contributed by atoms with Crippen molar-refractivity contribution >= 4 is 5.91 Å². The highest BCUT2D eigenvalue weighted by molar-refractivity contribution is 5.82. The molecule has 0 radical (unpaired) electrons. The van der Waals surface area contributed by atoms with E-state index in [2.05, 4.69) is 11.9 Å². The first-order valence-corrected chi connectivity index (χ1v) is 8.27. The van der Waals surface area contributed by atoms with Crippen LogP contribution >= 0.6 is 0 Å². The van der Waals surface area contributed by atoms with Crippen molar-refractivity contribution in [2.24, 2.45) is 0 Å². The summed E-state index contributed by atoms with van der Waals surface area (Å²) in [4.78, 5) is 19.0. The van der Waals surface area contributed by atoms with E-state index in [4.69, 9.17) is 0 Å². The van der Waals surface area contributed by atoms with Crippen LogP contribution in [-0.4, -0.2) is 84.7 Å². The van der Waals surface area contributed by atoms with E-state index in [0.717, 1.165) is 19.4 Å². The van der Waals surface area contributed by atoms with E-state index >= 15 is 0 Å². The van der Waals surface area contributed by atoms with Crippen molar-refractivity contribution in [3.05, 3.63) is 0 Å². The molecule has 0 aliphatic carbocycles. The lowest BCUT2D eigenvalue weighted by molar-refractivity contribution is -0.141. The van der Waals surface area contributed by atoms with Gasteiger partial charge in [0.05, 0.1) is 11.6 Å². The summed E-state index contributed by atoms with van der Waals surface area (Å²) in [5.41, 5.74) is -0.629. The lowest BCUT2D eigenvalue weighted by atomic mass is 9.90. The van der Waals surface area contributed by atoms with E-state index in [1.54, 1.807) is 0 Å². The molecule has 1 N–H and O–H groups in total. The Morgan fingerprint density at radius 2 is 1.86 bits per heavy atom. The molecule has 2 aliphatic rings. The maximum atomic E-state index is 12.7. The summed E-state index contributed by atoms with van der Waals surface area (Å²) in [6, 6.07) is 0.0486. The highest BCUT2D eigenvalue weighted by Gasteiger charge is 2.37. The predicted octanol–water partition coefficient (Wildman–Crippen LogP) is 0.776. The molecule has 0 spiro atoms. The molecule has 122 valence electrons. The van der Waals surface area contributed by atoms with Crippen LogP contribution in [0.15, 0.2) is 0 Å². The van der Waals surface area contributed by atoms with Gasteiger partial charge in [-0.1, -0.05) is 12.8 Å². The van der Waals surface area contributed by atoms with Gasteiger partial charge in [0.15, 0.2) is 0 Å². The monoisotopic (exact) mass is 297 g/mol. The smallest absolute Gasteiger partial charge is 0.239 e. The van der Waals surface area contributed by atoms with Gasteiger partial charge >= 0.3 is 0 Å². The van der Waals surface area contributed by atoms with Crippen molar-refractivity contribution in [3.63, 3.8) is 0 Å². The van der Waals surface area contributed by atoms with Gasteiger partial charge in [-0.2, -0.15) is 0 Å². The fraction of sp³-hybridized carbons (Fsp3) is 0.938. The summed E-state index contributed by atoms with van der Waals surface area (Å²) in [6.07, 6.45) is 5.94. The standard InChI is InChI=1S/C16H31N3O2/c1-17(2)13-16(21)8-11-19(12-9-16)15(20)14-7-5-4-6-10-18(14)3/h14,21H,4-13H2,1-3H3. The maximum absolute atomic E-state index is 12.7. The van der Waals surface area contributed by atoms with Crippen molar-refractivity contribution in [1.29, 1.82) is 0 Å². The minimum Gasteiger partial charge on any atom is -0.388 e. The molecule has 0 aromatic rings. The normalized spacial score (nSPS) is 27.7. The largest absolute Gasteiger partial charge is 0.388 e.